The fourth-order valence-corrected chi connectivity index (χ4v) is 4.47. The first kappa shape index (κ1) is 24.1. The number of para-hydroxylation sites is 1. The minimum absolute atomic E-state index is 0.170. The first-order valence-corrected chi connectivity index (χ1v) is 11.4. The lowest BCUT2D eigenvalue weighted by Crippen LogP contribution is -2.10. The summed E-state index contributed by atoms with van der Waals surface area (Å²) in [5.74, 6) is 1.54. The monoisotopic (exact) mass is 464 g/mol. The van der Waals surface area contributed by atoms with Gasteiger partial charge in [-0.1, -0.05) is 30.3 Å². The van der Waals surface area contributed by atoms with Crippen LogP contribution in [0.4, 0.5) is 0 Å². The Hall–Kier alpha value is -3.06. The van der Waals surface area contributed by atoms with E-state index in [9.17, 15) is 5.11 Å². The molecule has 6 nitrogen and oxygen atoms in total. The predicted octanol–water partition coefficient (Wildman–Crippen LogP) is 5.42. The number of phenolic OH excluding ortho intramolecular Hbond substituents is 1. The van der Waals surface area contributed by atoms with Crippen LogP contribution in [0.15, 0.2) is 42.5 Å². The van der Waals surface area contributed by atoms with Crippen molar-refractivity contribution in [1.82, 2.24) is 0 Å². The van der Waals surface area contributed by atoms with Crippen molar-refractivity contribution in [3.8, 4) is 39.5 Å². The van der Waals surface area contributed by atoms with Gasteiger partial charge in [0.05, 0.1) is 53.9 Å². The molecule has 1 aliphatic heterocycles. The quantitative estimate of drug-likeness (QED) is 0.546. The molecule has 1 heterocycles. The number of hydrogen-bond donors (Lipinski definition) is 1. The largest absolute Gasteiger partial charge is 0.507 e. The highest BCUT2D eigenvalue weighted by molar-refractivity contribution is 5.87. The number of fused-ring (bicyclic) bond motifs is 8. The lowest BCUT2D eigenvalue weighted by molar-refractivity contribution is 0.00653. The highest BCUT2D eigenvalue weighted by Gasteiger charge is 2.21. The Kier molecular flexibility index (Phi) is 7.73. The Balaban J connectivity index is 1.92. The molecular formula is C28H32O6. The SMILES string of the molecule is COc1c2cc(C)cc1-c1cccc(c1O)-c1cc(C)cc(c1OC)COCCOCCOC2. The average molecular weight is 465 g/mol. The molecule has 0 radical (unpaired) electrons. The van der Waals surface area contributed by atoms with Gasteiger partial charge in [-0.2, -0.15) is 0 Å². The molecule has 1 N–H and O–H groups in total. The van der Waals surface area contributed by atoms with Crippen LogP contribution in [0.5, 0.6) is 17.2 Å². The second-order valence-electron chi connectivity index (χ2n) is 8.43. The van der Waals surface area contributed by atoms with E-state index in [-0.39, 0.29) is 5.75 Å². The van der Waals surface area contributed by atoms with E-state index in [4.69, 9.17) is 23.7 Å². The summed E-state index contributed by atoms with van der Waals surface area (Å²) in [7, 11) is 3.28. The zero-order valence-corrected chi connectivity index (χ0v) is 20.3. The number of aromatic hydroxyl groups is 1. The zero-order chi connectivity index (χ0) is 24.1. The maximum Gasteiger partial charge on any atom is 0.132 e. The van der Waals surface area contributed by atoms with E-state index >= 15 is 0 Å². The van der Waals surface area contributed by atoms with Crippen molar-refractivity contribution < 1.29 is 28.8 Å². The molecule has 180 valence electrons. The number of phenols is 1. The van der Waals surface area contributed by atoms with Crippen molar-refractivity contribution in [2.45, 2.75) is 27.1 Å². The van der Waals surface area contributed by atoms with E-state index in [0.29, 0.717) is 62.3 Å². The van der Waals surface area contributed by atoms with Crippen LogP contribution >= 0.6 is 0 Å². The first-order chi connectivity index (χ1) is 16.5. The molecule has 34 heavy (non-hydrogen) atoms. The van der Waals surface area contributed by atoms with Crippen molar-refractivity contribution in [3.63, 3.8) is 0 Å². The third kappa shape index (κ3) is 5.04. The first-order valence-electron chi connectivity index (χ1n) is 11.4. The van der Waals surface area contributed by atoms with E-state index in [1.165, 1.54) is 0 Å². The van der Waals surface area contributed by atoms with Gasteiger partial charge in [-0.3, -0.25) is 0 Å². The van der Waals surface area contributed by atoms with Crippen LogP contribution in [-0.4, -0.2) is 45.8 Å². The molecule has 0 unspecified atom stereocenters. The van der Waals surface area contributed by atoms with E-state index in [0.717, 1.165) is 33.4 Å². The standard InChI is InChI=1S/C28H32O6/c1-18-12-20-16-33-10-8-32-9-11-34-17-21-13-19(2)15-25(28(21)31-4)23-7-5-6-22(26(23)29)24(14-18)27(20)30-3/h5-7,12-15,29H,8-11,16-17H2,1-4H3. The van der Waals surface area contributed by atoms with Crippen LogP contribution in [0.2, 0.25) is 0 Å². The van der Waals surface area contributed by atoms with Crippen molar-refractivity contribution in [2.75, 3.05) is 40.6 Å². The molecule has 3 aromatic rings. The minimum atomic E-state index is 0.170. The molecule has 0 aliphatic carbocycles. The van der Waals surface area contributed by atoms with Gasteiger partial charge in [0.25, 0.3) is 0 Å². The Morgan fingerprint density at radius 2 is 1.09 bits per heavy atom. The van der Waals surface area contributed by atoms with Gasteiger partial charge in [-0.15, -0.1) is 0 Å². The maximum absolute atomic E-state index is 11.5. The fraction of sp³-hybridized carbons (Fsp3) is 0.357. The van der Waals surface area contributed by atoms with E-state index in [1.807, 2.05) is 56.3 Å². The average Bonchev–Trinajstić information content (AvgIpc) is 2.82. The summed E-state index contributed by atoms with van der Waals surface area (Å²) in [4.78, 5) is 0. The number of hydrogen-bond acceptors (Lipinski definition) is 6. The van der Waals surface area contributed by atoms with Crippen molar-refractivity contribution >= 4 is 0 Å². The second-order valence-corrected chi connectivity index (χ2v) is 8.43. The van der Waals surface area contributed by atoms with Crippen LogP contribution in [-0.2, 0) is 27.4 Å². The third-order valence-electron chi connectivity index (χ3n) is 5.90. The predicted molar refractivity (Wildman–Crippen MR) is 132 cm³/mol. The Morgan fingerprint density at radius 3 is 1.53 bits per heavy atom. The highest BCUT2D eigenvalue weighted by Crippen LogP contribution is 2.46. The molecular weight excluding hydrogens is 432 g/mol. The molecule has 0 spiro atoms. The van der Waals surface area contributed by atoms with Gasteiger partial charge in [0, 0.05) is 33.4 Å². The Morgan fingerprint density at radius 1 is 0.647 bits per heavy atom. The maximum atomic E-state index is 11.5. The highest BCUT2D eigenvalue weighted by atomic mass is 16.5. The van der Waals surface area contributed by atoms with Gasteiger partial charge in [0.15, 0.2) is 0 Å². The molecule has 0 saturated heterocycles. The molecule has 6 bridgehead atoms. The summed E-state index contributed by atoms with van der Waals surface area (Å²) in [6.45, 7) is 6.69. The molecule has 3 aromatic carbocycles. The van der Waals surface area contributed by atoms with Gasteiger partial charge in [0.2, 0.25) is 0 Å². The van der Waals surface area contributed by atoms with E-state index < -0.39 is 0 Å². The van der Waals surface area contributed by atoms with Gasteiger partial charge < -0.3 is 28.8 Å². The van der Waals surface area contributed by atoms with Crippen LogP contribution in [0.3, 0.4) is 0 Å². The zero-order valence-electron chi connectivity index (χ0n) is 20.3. The smallest absolute Gasteiger partial charge is 0.132 e. The van der Waals surface area contributed by atoms with Crippen LogP contribution in [0, 0.1) is 13.8 Å². The molecule has 0 atom stereocenters. The molecule has 0 saturated carbocycles. The number of benzene rings is 3. The van der Waals surface area contributed by atoms with E-state index in [2.05, 4.69) is 0 Å². The summed E-state index contributed by atoms with van der Waals surface area (Å²) < 4.78 is 29.0. The van der Waals surface area contributed by atoms with Crippen molar-refractivity contribution in [2.24, 2.45) is 0 Å². The Bertz CT molecular complexity index is 1070. The van der Waals surface area contributed by atoms with Gasteiger partial charge >= 0.3 is 0 Å². The molecule has 0 aromatic heterocycles. The second kappa shape index (κ2) is 10.9. The normalized spacial score (nSPS) is 14.7. The summed E-state index contributed by atoms with van der Waals surface area (Å²) >= 11 is 0. The van der Waals surface area contributed by atoms with Crippen LogP contribution < -0.4 is 9.47 Å². The van der Waals surface area contributed by atoms with Crippen LogP contribution in [0.25, 0.3) is 22.3 Å². The molecule has 6 heteroatoms. The third-order valence-corrected chi connectivity index (χ3v) is 5.90. The van der Waals surface area contributed by atoms with Gasteiger partial charge in [-0.05, 0) is 37.1 Å². The van der Waals surface area contributed by atoms with Crippen molar-refractivity contribution in [3.05, 3.63) is 64.7 Å². The summed E-state index contributed by atoms with van der Waals surface area (Å²) in [6.07, 6.45) is 0. The molecule has 1 aliphatic rings. The van der Waals surface area contributed by atoms with Crippen LogP contribution in [0.1, 0.15) is 22.3 Å². The number of methoxy groups -OCH3 is 2. The molecule has 0 fully saturated rings. The number of rotatable bonds is 2. The summed E-state index contributed by atoms with van der Waals surface area (Å²) in [6, 6.07) is 13.9. The Labute approximate surface area is 201 Å². The lowest BCUT2D eigenvalue weighted by atomic mass is 9.92. The number of ether oxygens (including phenoxy) is 5. The van der Waals surface area contributed by atoms with E-state index in [1.54, 1.807) is 14.2 Å². The molecule has 4 rings (SSSR count). The number of aryl methyl sites for hydroxylation is 2. The topological polar surface area (TPSA) is 66.4 Å². The van der Waals surface area contributed by atoms with Gasteiger partial charge in [0.1, 0.15) is 17.2 Å². The lowest BCUT2D eigenvalue weighted by Gasteiger charge is -2.20. The molecule has 0 amide bonds. The van der Waals surface area contributed by atoms with Gasteiger partial charge in [-0.25, -0.2) is 0 Å². The fourth-order valence-electron chi connectivity index (χ4n) is 4.47. The summed E-state index contributed by atoms with van der Waals surface area (Å²) in [5, 5.41) is 11.5. The minimum Gasteiger partial charge on any atom is -0.507 e. The summed E-state index contributed by atoms with van der Waals surface area (Å²) in [5.41, 5.74) is 6.94. The van der Waals surface area contributed by atoms with Crippen molar-refractivity contribution in [1.29, 1.82) is 0 Å².